The van der Waals surface area contributed by atoms with Gasteiger partial charge < -0.3 is 18.4 Å². The number of pyridine rings is 2. The molecule has 8 heteroatoms. The molecule has 1 aliphatic heterocycles. The van der Waals surface area contributed by atoms with Crippen molar-refractivity contribution in [1.82, 2.24) is 23.8 Å². The molecule has 0 fully saturated rings. The van der Waals surface area contributed by atoms with Gasteiger partial charge in [0.25, 0.3) is 0 Å². The van der Waals surface area contributed by atoms with E-state index in [4.69, 9.17) is 19.7 Å². The third-order valence-electron chi connectivity index (χ3n) is 11.8. The van der Waals surface area contributed by atoms with Crippen LogP contribution in [0.15, 0.2) is 122 Å². The fraction of sp³-hybridized carbons (Fsp3) is 0.133. The van der Waals surface area contributed by atoms with Crippen molar-refractivity contribution in [3.63, 3.8) is 0 Å². The Morgan fingerprint density at radius 2 is 1.57 bits per heavy atom. The molecule has 53 heavy (non-hydrogen) atoms. The van der Waals surface area contributed by atoms with Gasteiger partial charge in [-0.2, -0.15) is 0 Å². The van der Waals surface area contributed by atoms with Gasteiger partial charge in [0.2, 0.25) is 5.88 Å². The van der Waals surface area contributed by atoms with Gasteiger partial charge in [-0.25, -0.2) is 9.97 Å². The number of imidazole rings is 1. The standard InChI is InChI=1S/C45H35BN6O/c1-26-12-10-13-27(2)40(26)46-50(5)35-21-20-28(24-31(35)44-47-22-23-51(44)46)53-37-19-11-17-34(49-37)41-38-39-43(30-15-6-8-16-33(30)45(39,3)4)52-36-18-9-7-14-29(36)32(25-48-41)42(38)52/h6-25H,1-5H3. The first-order valence-electron chi connectivity index (χ1n) is 18.2. The first-order valence-corrected chi connectivity index (χ1v) is 18.2. The van der Waals surface area contributed by atoms with Crippen molar-refractivity contribution in [2.24, 2.45) is 0 Å². The van der Waals surface area contributed by atoms with Gasteiger partial charge in [-0.15, -0.1) is 0 Å². The van der Waals surface area contributed by atoms with Gasteiger partial charge in [-0.3, -0.25) is 4.98 Å². The molecule has 7 nitrogen and oxygen atoms in total. The number of rotatable bonds is 4. The average Bonchev–Trinajstić information content (AvgIpc) is 3.92. The van der Waals surface area contributed by atoms with Crippen molar-refractivity contribution in [3.05, 3.63) is 144 Å². The topological polar surface area (TPSA) is 60.5 Å². The van der Waals surface area contributed by atoms with Crippen molar-refractivity contribution in [3.8, 4) is 45.7 Å². The Labute approximate surface area is 307 Å². The quantitative estimate of drug-likeness (QED) is 0.173. The number of para-hydroxylation sites is 1. The van der Waals surface area contributed by atoms with E-state index >= 15 is 0 Å². The second-order valence-electron chi connectivity index (χ2n) is 15.1. The van der Waals surface area contributed by atoms with Gasteiger partial charge in [-0.1, -0.05) is 91.7 Å². The van der Waals surface area contributed by atoms with Gasteiger partial charge in [0.1, 0.15) is 11.6 Å². The van der Waals surface area contributed by atoms with E-state index in [1.807, 2.05) is 36.7 Å². The lowest BCUT2D eigenvalue weighted by Gasteiger charge is -2.36. The first kappa shape index (κ1) is 30.2. The van der Waals surface area contributed by atoms with E-state index in [9.17, 15) is 0 Å². The van der Waals surface area contributed by atoms with Gasteiger partial charge in [0.15, 0.2) is 0 Å². The summed E-state index contributed by atoms with van der Waals surface area (Å²) in [6.07, 6.45) is 5.98. The Bertz CT molecular complexity index is 2950. The van der Waals surface area contributed by atoms with E-state index in [1.54, 1.807) is 0 Å². The maximum Gasteiger partial charge on any atom is 0.417 e. The summed E-state index contributed by atoms with van der Waals surface area (Å²) in [4.78, 5) is 17.5. The third-order valence-corrected chi connectivity index (χ3v) is 11.8. The van der Waals surface area contributed by atoms with Gasteiger partial charge >= 0.3 is 6.98 Å². The molecule has 2 aliphatic rings. The Kier molecular flexibility index (Phi) is 6.03. The molecule has 4 aromatic carbocycles. The molecule has 0 atom stereocenters. The van der Waals surface area contributed by atoms with Crippen LogP contribution < -0.4 is 15.0 Å². The summed E-state index contributed by atoms with van der Waals surface area (Å²) in [6.45, 7) is 9.04. The van der Waals surface area contributed by atoms with Crippen LogP contribution in [0.5, 0.6) is 11.6 Å². The van der Waals surface area contributed by atoms with Crippen LogP contribution in [0.1, 0.15) is 36.1 Å². The van der Waals surface area contributed by atoms with Crippen LogP contribution in [0, 0.1) is 13.8 Å². The molecule has 0 bridgehead atoms. The largest absolute Gasteiger partial charge is 0.439 e. The zero-order chi connectivity index (χ0) is 35.7. The smallest absolute Gasteiger partial charge is 0.417 e. The third kappa shape index (κ3) is 3.98. The SMILES string of the molecule is Cc1cccc(C)c1B1N(C)c2ccc(Oc3cccc(-c4ncc5c6ccccc6n6c7c(c4c56)C(C)(C)c4ccccc4-7)n3)cc2-c2nccn21. The van der Waals surface area contributed by atoms with Crippen LogP contribution in [0.4, 0.5) is 5.69 Å². The van der Waals surface area contributed by atoms with Crippen LogP contribution in [0.3, 0.4) is 0 Å². The molecule has 0 saturated heterocycles. The van der Waals surface area contributed by atoms with Crippen molar-refractivity contribution in [1.29, 1.82) is 0 Å². The van der Waals surface area contributed by atoms with Gasteiger partial charge in [0.05, 0.1) is 28.1 Å². The second-order valence-corrected chi connectivity index (χ2v) is 15.1. The first-order chi connectivity index (χ1) is 25.8. The predicted molar refractivity (Wildman–Crippen MR) is 215 cm³/mol. The highest BCUT2D eigenvalue weighted by atomic mass is 16.5. The molecule has 0 unspecified atom stereocenters. The molecular weight excluding hydrogens is 651 g/mol. The Balaban J connectivity index is 1.03. The molecule has 1 aliphatic carbocycles. The summed E-state index contributed by atoms with van der Waals surface area (Å²) in [5.74, 6) is 2.13. The number of hydrogen-bond acceptors (Lipinski definition) is 5. The lowest BCUT2D eigenvalue weighted by molar-refractivity contribution is 0.464. The Morgan fingerprint density at radius 3 is 2.43 bits per heavy atom. The summed E-state index contributed by atoms with van der Waals surface area (Å²) in [5, 5.41) is 3.52. The summed E-state index contributed by atoms with van der Waals surface area (Å²) in [5.41, 5.74) is 14.9. The summed E-state index contributed by atoms with van der Waals surface area (Å²) < 4.78 is 11.3. The number of anilines is 1. The van der Waals surface area contributed by atoms with Crippen LogP contribution in [-0.2, 0) is 5.41 Å². The monoisotopic (exact) mass is 686 g/mol. The molecule has 254 valence electrons. The summed E-state index contributed by atoms with van der Waals surface area (Å²) in [7, 11) is 2.16. The number of hydrogen-bond donors (Lipinski definition) is 0. The number of nitrogens with zero attached hydrogens (tertiary/aromatic N) is 6. The molecule has 0 N–H and O–H groups in total. The van der Waals surface area contributed by atoms with Crippen LogP contribution in [0.2, 0.25) is 0 Å². The maximum absolute atomic E-state index is 6.57. The van der Waals surface area contributed by atoms with Crippen molar-refractivity contribution in [2.45, 2.75) is 33.1 Å². The zero-order valence-electron chi connectivity index (χ0n) is 30.2. The van der Waals surface area contributed by atoms with E-state index in [1.165, 1.54) is 55.4 Å². The number of aromatic nitrogens is 5. The lowest BCUT2D eigenvalue weighted by Crippen LogP contribution is -2.56. The van der Waals surface area contributed by atoms with Crippen molar-refractivity contribution < 1.29 is 4.74 Å². The molecule has 9 aromatic rings. The van der Waals surface area contributed by atoms with E-state index < -0.39 is 0 Å². The predicted octanol–water partition coefficient (Wildman–Crippen LogP) is 9.41. The van der Waals surface area contributed by atoms with E-state index in [0.717, 1.165) is 39.2 Å². The van der Waals surface area contributed by atoms with Crippen molar-refractivity contribution >= 4 is 45.3 Å². The minimum Gasteiger partial charge on any atom is -0.439 e. The van der Waals surface area contributed by atoms with E-state index in [-0.39, 0.29) is 12.4 Å². The summed E-state index contributed by atoms with van der Waals surface area (Å²) >= 11 is 0. The summed E-state index contributed by atoms with van der Waals surface area (Å²) in [6, 6.07) is 36.2. The van der Waals surface area contributed by atoms with Crippen molar-refractivity contribution in [2.75, 3.05) is 11.9 Å². The van der Waals surface area contributed by atoms with Crippen LogP contribution in [0.25, 0.3) is 61.2 Å². The number of ether oxygens (including phenoxy) is 1. The van der Waals surface area contributed by atoms with Crippen LogP contribution >= 0.6 is 0 Å². The van der Waals surface area contributed by atoms with Gasteiger partial charge in [-0.05, 0) is 67.8 Å². The zero-order valence-corrected chi connectivity index (χ0v) is 30.2. The molecule has 0 radical (unpaired) electrons. The maximum atomic E-state index is 6.57. The lowest BCUT2D eigenvalue weighted by atomic mass is 9.60. The molecule has 0 amide bonds. The highest BCUT2D eigenvalue weighted by Crippen LogP contribution is 2.56. The van der Waals surface area contributed by atoms with E-state index in [0.29, 0.717) is 11.6 Å². The normalized spacial score (nSPS) is 14.2. The average molecular weight is 687 g/mol. The fourth-order valence-corrected chi connectivity index (χ4v) is 9.47. The number of benzene rings is 4. The number of fused-ring (bicyclic) bond motifs is 11. The fourth-order valence-electron chi connectivity index (χ4n) is 9.47. The van der Waals surface area contributed by atoms with E-state index in [2.05, 4.69) is 133 Å². The highest BCUT2D eigenvalue weighted by molar-refractivity contribution is 6.77. The minimum absolute atomic E-state index is 0.0000377. The number of aryl methyl sites for hydroxylation is 2. The molecule has 6 heterocycles. The molecule has 0 saturated carbocycles. The molecular formula is C45H35BN6O. The Hall–Kier alpha value is -6.41. The second kappa shape index (κ2) is 10.6. The molecule has 0 spiro atoms. The highest BCUT2D eigenvalue weighted by Gasteiger charge is 2.42. The molecule has 11 rings (SSSR count). The Morgan fingerprint density at radius 1 is 0.774 bits per heavy atom. The van der Waals surface area contributed by atoms with Crippen LogP contribution in [-0.4, -0.2) is 37.9 Å². The van der Waals surface area contributed by atoms with Gasteiger partial charge in [0, 0.05) is 63.0 Å². The minimum atomic E-state index is -0.218. The molecule has 5 aromatic heterocycles.